The van der Waals surface area contributed by atoms with Gasteiger partial charge in [0.15, 0.2) is 11.5 Å². The average molecular weight is 667 g/mol. The second kappa shape index (κ2) is 15.6. The van der Waals surface area contributed by atoms with E-state index in [1.54, 1.807) is 20.8 Å². The maximum atomic E-state index is 11.7. The molecule has 0 amide bonds. The van der Waals surface area contributed by atoms with Crippen LogP contribution in [0.5, 0.6) is 17.2 Å². The predicted octanol–water partition coefficient (Wildman–Crippen LogP) is 2.62. The number of nitrogens with zero attached hydrogens (tertiary/aromatic N) is 2. The van der Waals surface area contributed by atoms with Gasteiger partial charge in [0.25, 0.3) is 5.69 Å². The normalized spacial score (nSPS) is 21.3. The van der Waals surface area contributed by atoms with Crippen LogP contribution < -0.4 is 15.1 Å². The van der Waals surface area contributed by atoms with Gasteiger partial charge in [-0.1, -0.05) is 13.8 Å². The van der Waals surface area contributed by atoms with Crippen LogP contribution >= 0.6 is 0 Å². The lowest BCUT2D eigenvalue weighted by Crippen LogP contribution is -2.60. The van der Waals surface area contributed by atoms with E-state index >= 15 is 0 Å². The number of non-ortho nitro benzene ring substituents is 1. The van der Waals surface area contributed by atoms with Crippen LogP contribution in [0.15, 0.2) is 45.6 Å². The Bertz CT molecular complexity index is 1660. The zero-order valence-corrected chi connectivity index (χ0v) is 25.5. The molecular formula is C29H34N2O16. The Morgan fingerprint density at radius 3 is 2.26 bits per heavy atom. The minimum atomic E-state index is -1.60. The van der Waals surface area contributed by atoms with Gasteiger partial charge in [0.05, 0.1) is 28.6 Å². The molecule has 47 heavy (non-hydrogen) atoms. The standard InChI is InChI=1S/C15H16O9.C14H18N2O7/c16-5-10-12(19)13(20)14(21)15(24-10)23-9-3-6-1-2-11(18)22-8(6)4-7(9)17;1-5-9(4)11-6-10(15(18)19)7-12(16(20)21)13(11)23-14(17)22-8(2)3/h1-4,10,12-17,19-21H,5H2;6-9H,5H2,1-4H3/t10-,12-,13+,14-,15-;/m1./s1. The monoisotopic (exact) mass is 666 g/mol. The van der Waals surface area contributed by atoms with E-state index in [4.69, 9.17) is 28.5 Å². The minimum Gasteiger partial charge on any atom is -0.504 e. The van der Waals surface area contributed by atoms with Gasteiger partial charge >= 0.3 is 17.5 Å². The first-order valence-corrected chi connectivity index (χ1v) is 14.2. The van der Waals surface area contributed by atoms with E-state index in [1.807, 2.05) is 6.92 Å². The number of nitro benzene ring substituents is 2. The zero-order valence-electron chi connectivity index (χ0n) is 25.5. The van der Waals surface area contributed by atoms with Crippen LogP contribution in [0.25, 0.3) is 11.0 Å². The molecule has 2 aromatic carbocycles. The maximum absolute atomic E-state index is 11.7. The molecule has 4 rings (SSSR count). The highest BCUT2D eigenvalue weighted by atomic mass is 16.7. The highest BCUT2D eigenvalue weighted by molar-refractivity contribution is 5.80. The molecule has 0 bridgehead atoms. The lowest BCUT2D eigenvalue weighted by atomic mass is 9.96. The molecule has 1 saturated heterocycles. The SMILES string of the molecule is CCC(C)c1cc([N+](=O)[O-])cc([N+](=O)[O-])c1OC(=O)OC(C)C.O=c1ccc2cc(O[C@@H]3O[C@H](CO)[C@@H](O)[C@H](O)[C@H]3O)c(O)cc2o1. The summed E-state index contributed by atoms with van der Waals surface area (Å²) in [5.41, 5.74) is -1.30. The van der Waals surface area contributed by atoms with Crippen molar-refractivity contribution in [3.05, 3.63) is 72.6 Å². The molecule has 256 valence electrons. The highest BCUT2D eigenvalue weighted by Gasteiger charge is 2.45. The summed E-state index contributed by atoms with van der Waals surface area (Å²) < 4.78 is 25.3. The third-order valence-corrected chi connectivity index (χ3v) is 6.94. The number of phenolic OH excluding ortho intramolecular Hbond substituents is 1. The number of fused-ring (bicyclic) bond motifs is 1. The van der Waals surface area contributed by atoms with Crippen molar-refractivity contribution in [1.29, 1.82) is 0 Å². The molecular weight excluding hydrogens is 632 g/mol. The lowest BCUT2D eigenvalue weighted by Gasteiger charge is -2.39. The van der Waals surface area contributed by atoms with E-state index < -0.39 is 76.4 Å². The van der Waals surface area contributed by atoms with Crippen molar-refractivity contribution >= 4 is 28.5 Å². The van der Waals surface area contributed by atoms with E-state index in [0.717, 1.165) is 12.1 Å². The fourth-order valence-corrected chi connectivity index (χ4v) is 4.33. The molecule has 1 aromatic heterocycles. The molecule has 0 radical (unpaired) electrons. The molecule has 1 aliphatic heterocycles. The Balaban J connectivity index is 0.000000256. The molecule has 1 aliphatic rings. The van der Waals surface area contributed by atoms with Crippen LogP contribution in [0, 0.1) is 20.2 Å². The Morgan fingerprint density at radius 1 is 1.00 bits per heavy atom. The van der Waals surface area contributed by atoms with E-state index in [9.17, 15) is 50.2 Å². The van der Waals surface area contributed by atoms with E-state index in [1.165, 1.54) is 24.3 Å². The van der Waals surface area contributed by atoms with Crippen molar-refractivity contribution in [2.45, 2.75) is 76.8 Å². The Hall–Kier alpha value is -4.88. The molecule has 0 saturated carbocycles. The molecule has 1 unspecified atom stereocenters. The number of benzene rings is 2. The number of hydrogen-bond acceptors (Lipinski definition) is 16. The third-order valence-electron chi connectivity index (χ3n) is 6.94. The number of aliphatic hydroxyl groups is 4. The summed E-state index contributed by atoms with van der Waals surface area (Å²) in [5.74, 6) is -1.08. The van der Waals surface area contributed by atoms with Gasteiger partial charge in [0, 0.05) is 29.1 Å². The number of aromatic hydroxyl groups is 1. The third kappa shape index (κ3) is 8.89. The van der Waals surface area contributed by atoms with Crippen LogP contribution in [-0.2, 0) is 9.47 Å². The zero-order chi connectivity index (χ0) is 35.2. The summed E-state index contributed by atoms with van der Waals surface area (Å²) >= 11 is 0. The fraction of sp³-hybridized carbons (Fsp3) is 0.448. The molecule has 6 atom stereocenters. The van der Waals surface area contributed by atoms with Crippen LogP contribution in [0.3, 0.4) is 0 Å². The number of carbonyl (C=O) groups is 1. The molecule has 1 fully saturated rings. The Labute approximate surface area is 265 Å². The van der Waals surface area contributed by atoms with Crippen molar-refractivity contribution in [2.75, 3.05) is 6.61 Å². The van der Waals surface area contributed by atoms with Gasteiger partial charge in [-0.2, -0.15) is 0 Å². The molecule has 3 aromatic rings. The van der Waals surface area contributed by atoms with Gasteiger partial charge < -0.3 is 48.9 Å². The second-order valence-corrected chi connectivity index (χ2v) is 10.7. The van der Waals surface area contributed by atoms with Gasteiger partial charge in [-0.05, 0) is 38.3 Å². The number of nitro groups is 2. The Kier molecular flexibility index (Phi) is 12.1. The van der Waals surface area contributed by atoms with Crippen LogP contribution in [0.2, 0.25) is 0 Å². The van der Waals surface area contributed by atoms with Crippen molar-refractivity contribution < 1.29 is 63.5 Å². The number of aliphatic hydroxyl groups excluding tert-OH is 4. The summed E-state index contributed by atoms with van der Waals surface area (Å²) in [4.78, 5) is 43.5. The van der Waals surface area contributed by atoms with E-state index in [2.05, 4.69) is 0 Å². The molecule has 5 N–H and O–H groups in total. The number of hydrogen-bond donors (Lipinski definition) is 5. The average Bonchev–Trinajstić information content (AvgIpc) is 3.00. The van der Waals surface area contributed by atoms with Crippen molar-refractivity contribution in [1.82, 2.24) is 0 Å². The van der Waals surface area contributed by atoms with Crippen LogP contribution in [0.4, 0.5) is 16.2 Å². The molecule has 0 aliphatic carbocycles. The van der Waals surface area contributed by atoms with E-state index in [-0.39, 0.29) is 34.3 Å². The number of carbonyl (C=O) groups excluding carboxylic acids is 1. The minimum absolute atomic E-state index is 0.0966. The maximum Gasteiger partial charge on any atom is 0.514 e. The molecule has 0 spiro atoms. The van der Waals surface area contributed by atoms with Gasteiger partial charge in [0.1, 0.15) is 30.0 Å². The van der Waals surface area contributed by atoms with Gasteiger partial charge in [0.2, 0.25) is 12.0 Å². The quantitative estimate of drug-likeness (QED) is 0.0721. The van der Waals surface area contributed by atoms with E-state index in [0.29, 0.717) is 11.8 Å². The van der Waals surface area contributed by atoms with Crippen LogP contribution in [0.1, 0.15) is 45.6 Å². The first-order valence-electron chi connectivity index (χ1n) is 14.2. The van der Waals surface area contributed by atoms with Crippen LogP contribution in [-0.4, -0.2) is 85.0 Å². The summed E-state index contributed by atoms with van der Waals surface area (Å²) in [7, 11) is 0. The summed E-state index contributed by atoms with van der Waals surface area (Å²) in [6.07, 6.45) is -8.28. The van der Waals surface area contributed by atoms with Gasteiger partial charge in [-0.15, -0.1) is 0 Å². The lowest BCUT2D eigenvalue weighted by molar-refractivity contribution is -0.394. The van der Waals surface area contributed by atoms with Crippen molar-refractivity contribution in [2.24, 2.45) is 0 Å². The number of phenols is 1. The number of ether oxygens (including phenoxy) is 4. The summed E-state index contributed by atoms with van der Waals surface area (Å²) in [5, 5.41) is 71.1. The fourth-order valence-electron chi connectivity index (χ4n) is 4.33. The molecule has 2 heterocycles. The topological polar surface area (TPSA) is 272 Å². The smallest absolute Gasteiger partial charge is 0.504 e. The molecule has 18 heteroatoms. The largest absolute Gasteiger partial charge is 0.514 e. The van der Waals surface area contributed by atoms with Crippen molar-refractivity contribution in [3.63, 3.8) is 0 Å². The molecule has 18 nitrogen and oxygen atoms in total. The first kappa shape index (κ1) is 36.6. The summed E-state index contributed by atoms with van der Waals surface area (Å²) in [6, 6.07) is 7.12. The summed E-state index contributed by atoms with van der Waals surface area (Å²) in [6.45, 7) is 6.14. The first-order chi connectivity index (χ1) is 22.1. The van der Waals surface area contributed by atoms with Crippen molar-refractivity contribution in [3.8, 4) is 17.2 Å². The highest BCUT2D eigenvalue weighted by Crippen LogP contribution is 2.40. The predicted molar refractivity (Wildman–Crippen MR) is 159 cm³/mol. The number of rotatable bonds is 9. The second-order valence-electron chi connectivity index (χ2n) is 10.7. The Morgan fingerprint density at radius 2 is 1.68 bits per heavy atom. The van der Waals surface area contributed by atoms with Gasteiger partial charge in [-0.3, -0.25) is 20.2 Å². The van der Waals surface area contributed by atoms with Gasteiger partial charge in [-0.25, -0.2) is 9.59 Å².